The van der Waals surface area contributed by atoms with Crippen LogP contribution in [-0.2, 0) is 19.0 Å². The fraction of sp³-hybridized carbons (Fsp3) is 0.333. The predicted octanol–water partition coefficient (Wildman–Crippen LogP) is 5.29. The van der Waals surface area contributed by atoms with Crippen molar-refractivity contribution >= 4 is 11.6 Å². The van der Waals surface area contributed by atoms with Crippen LogP contribution in [0, 0.1) is 19.7 Å². The monoisotopic (exact) mass is 524 g/mol. The highest BCUT2D eigenvalue weighted by Crippen LogP contribution is 2.44. The maximum Gasteiger partial charge on any atom is 0.459 e. The molecule has 4 aromatic rings. The molecule has 3 aromatic heterocycles. The maximum absolute atomic E-state index is 14.6. The minimum Gasteiger partial charge on any atom is -0.336 e. The first-order valence-electron chi connectivity index (χ1n) is 11.1. The third kappa shape index (κ3) is 4.65. The summed E-state index contributed by atoms with van der Waals surface area (Å²) in [6, 6.07) is 6.01. The van der Waals surface area contributed by atoms with Crippen LogP contribution in [-0.4, -0.2) is 48.4 Å². The summed E-state index contributed by atoms with van der Waals surface area (Å²) in [5.74, 6) is -6.65. The number of nitrogens with zero attached hydrogens (tertiary/aromatic N) is 6. The molecule has 7 nitrogen and oxygen atoms in total. The molecule has 37 heavy (non-hydrogen) atoms. The summed E-state index contributed by atoms with van der Waals surface area (Å²) in [7, 11) is 1.46. The molecule has 0 fully saturated rings. The molecule has 0 radical (unpaired) electrons. The number of rotatable bonds is 6. The molecule has 0 spiro atoms. The summed E-state index contributed by atoms with van der Waals surface area (Å²) in [4.78, 5) is 18.5. The lowest BCUT2D eigenvalue weighted by molar-refractivity contribution is -0.291. The van der Waals surface area contributed by atoms with Gasteiger partial charge in [0.25, 0.3) is 5.91 Å². The molecule has 0 aliphatic rings. The minimum absolute atomic E-state index is 0.105. The SMILES string of the molecule is CCn1nc(C)c(CN(C)C(=O)c2cc3nc(-c4ccc(F)cc4)cc(C(F)(F)C(F)(F)F)n3n2)c1C. The number of carbonyl (C=O) groups is 1. The highest BCUT2D eigenvalue weighted by molar-refractivity contribution is 5.93. The Hall–Kier alpha value is -3.90. The number of halogens is 6. The second kappa shape index (κ2) is 9.20. The Morgan fingerprint density at radius 1 is 1.03 bits per heavy atom. The highest BCUT2D eigenvalue weighted by atomic mass is 19.4. The van der Waals surface area contributed by atoms with Crippen LogP contribution in [0.1, 0.15) is 40.1 Å². The van der Waals surface area contributed by atoms with Crippen LogP contribution >= 0.6 is 0 Å². The molecule has 1 amide bonds. The van der Waals surface area contributed by atoms with E-state index in [4.69, 9.17) is 0 Å². The van der Waals surface area contributed by atoms with Gasteiger partial charge in [0.1, 0.15) is 11.5 Å². The summed E-state index contributed by atoms with van der Waals surface area (Å²) in [5.41, 5.74) is -0.138. The fourth-order valence-corrected chi connectivity index (χ4v) is 3.99. The van der Waals surface area contributed by atoms with E-state index in [0.717, 1.165) is 29.5 Å². The molecule has 13 heteroatoms. The zero-order valence-electron chi connectivity index (χ0n) is 20.2. The van der Waals surface area contributed by atoms with E-state index in [-0.39, 0.29) is 23.5 Å². The summed E-state index contributed by atoms with van der Waals surface area (Å²) in [6.45, 7) is 6.27. The molecule has 0 N–H and O–H groups in total. The first kappa shape index (κ1) is 26.2. The van der Waals surface area contributed by atoms with Gasteiger partial charge in [0.05, 0.1) is 11.4 Å². The quantitative estimate of drug-likeness (QED) is 0.322. The summed E-state index contributed by atoms with van der Waals surface area (Å²) < 4.78 is 84.5. The molecule has 4 rings (SSSR count). The van der Waals surface area contributed by atoms with Crippen molar-refractivity contribution in [3.63, 3.8) is 0 Å². The Morgan fingerprint density at radius 2 is 1.68 bits per heavy atom. The number of aryl methyl sites for hydroxylation is 2. The lowest BCUT2D eigenvalue weighted by Gasteiger charge is -2.21. The van der Waals surface area contributed by atoms with Gasteiger partial charge in [-0.15, -0.1) is 0 Å². The van der Waals surface area contributed by atoms with E-state index in [1.165, 1.54) is 24.1 Å². The van der Waals surface area contributed by atoms with Crippen LogP contribution in [0.15, 0.2) is 36.4 Å². The number of alkyl halides is 5. The maximum atomic E-state index is 14.6. The van der Waals surface area contributed by atoms with Crippen LogP contribution in [0.4, 0.5) is 26.3 Å². The van der Waals surface area contributed by atoms with E-state index in [1.807, 2.05) is 13.8 Å². The second-order valence-corrected chi connectivity index (χ2v) is 8.53. The lowest BCUT2D eigenvalue weighted by atomic mass is 10.1. The largest absolute Gasteiger partial charge is 0.459 e. The molecule has 0 aliphatic heterocycles. The normalized spacial score (nSPS) is 12.4. The third-order valence-electron chi connectivity index (χ3n) is 6.04. The van der Waals surface area contributed by atoms with Gasteiger partial charge in [0.15, 0.2) is 11.3 Å². The van der Waals surface area contributed by atoms with E-state index >= 15 is 0 Å². The zero-order valence-corrected chi connectivity index (χ0v) is 20.2. The first-order chi connectivity index (χ1) is 17.2. The summed E-state index contributed by atoms with van der Waals surface area (Å²) in [6.07, 6.45) is -5.94. The molecule has 196 valence electrons. The summed E-state index contributed by atoms with van der Waals surface area (Å²) >= 11 is 0. The van der Waals surface area contributed by atoms with Crippen molar-refractivity contribution in [2.45, 2.75) is 46.0 Å². The molecule has 0 saturated carbocycles. The predicted molar refractivity (Wildman–Crippen MR) is 122 cm³/mol. The Bertz CT molecular complexity index is 1470. The zero-order chi connectivity index (χ0) is 27.3. The van der Waals surface area contributed by atoms with E-state index in [1.54, 1.807) is 11.6 Å². The van der Waals surface area contributed by atoms with Gasteiger partial charge in [-0.3, -0.25) is 9.48 Å². The molecule has 0 saturated heterocycles. The van der Waals surface area contributed by atoms with Crippen molar-refractivity contribution in [1.82, 2.24) is 29.3 Å². The standard InChI is InChI=1S/C24H22F6N6O/c1-5-35-14(3)17(13(2)32-35)12-34(4)22(37)19-11-21-31-18(15-6-8-16(25)9-7-15)10-20(36(21)33-19)23(26,27)24(28,29)30/h6-11H,5,12H2,1-4H3. The van der Waals surface area contributed by atoms with Crippen molar-refractivity contribution < 1.29 is 31.1 Å². The number of hydrogen-bond acceptors (Lipinski definition) is 4. The molecule has 0 bridgehead atoms. The Labute approximate surface area is 207 Å². The Balaban J connectivity index is 1.79. The highest BCUT2D eigenvalue weighted by Gasteiger charge is 2.60. The van der Waals surface area contributed by atoms with Crippen LogP contribution < -0.4 is 0 Å². The van der Waals surface area contributed by atoms with Crippen molar-refractivity contribution in [2.24, 2.45) is 0 Å². The van der Waals surface area contributed by atoms with Crippen LogP contribution in [0.2, 0.25) is 0 Å². The van der Waals surface area contributed by atoms with Crippen LogP contribution in [0.3, 0.4) is 0 Å². The van der Waals surface area contributed by atoms with Crippen molar-refractivity contribution in [2.75, 3.05) is 7.05 Å². The molecule has 0 atom stereocenters. The number of fused-ring (bicyclic) bond motifs is 1. The van der Waals surface area contributed by atoms with Gasteiger partial charge < -0.3 is 4.90 Å². The van der Waals surface area contributed by atoms with Gasteiger partial charge in [-0.2, -0.15) is 32.1 Å². The first-order valence-corrected chi connectivity index (χ1v) is 11.1. The topological polar surface area (TPSA) is 68.3 Å². The van der Waals surface area contributed by atoms with Gasteiger partial charge in [-0.25, -0.2) is 13.9 Å². The molecular weight excluding hydrogens is 502 g/mol. The van der Waals surface area contributed by atoms with Crippen LogP contribution in [0.5, 0.6) is 0 Å². The Morgan fingerprint density at radius 3 is 2.24 bits per heavy atom. The van der Waals surface area contributed by atoms with Gasteiger partial charge in [-0.05, 0) is 51.1 Å². The van der Waals surface area contributed by atoms with Gasteiger partial charge in [-0.1, -0.05) is 0 Å². The molecule has 3 heterocycles. The second-order valence-electron chi connectivity index (χ2n) is 8.53. The van der Waals surface area contributed by atoms with Gasteiger partial charge >= 0.3 is 12.1 Å². The molecule has 0 aliphatic carbocycles. The van der Waals surface area contributed by atoms with Crippen molar-refractivity contribution in [3.8, 4) is 11.3 Å². The van der Waals surface area contributed by atoms with E-state index in [0.29, 0.717) is 22.8 Å². The third-order valence-corrected chi connectivity index (χ3v) is 6.04. The number of hydrogen-bond donors (Lipinski definition) is 0. The van der Waals surface area contributed by atoms with Crippen molar-refractivity contribution in [1.29, 1.82) is 0 Å². The molecule has 0 unspecified atom stereocenters. The average Bonchev–Trinajstić information content (AvgIpc) is 3.38. The smallest absolute Gasteiger partial charge is 0.336 e. The van der Waals surface area contributed by atoms with Crippen molar-refractivity contribution in [3.05, 3.63) is 70.6 Å². The number of benzene rings is 1. The number of carbonyl (C=O) groups excluding carboxylic acids is 1. The van der Waals surface area contributed by atoms with Crippen LogP contribution in [0.25, 0.3) is 16.9 Å². The number of aromatic nitrogens is 5. The molecular formula is C24H22F6N6O. The van der Waals surface area contributed by atoms with E-state index in [2.05, 4.69) is 15.2 Å². The minimum atomic E-state index is -5.94. The van der Waals surface area contributed by atoms with Gasteiger partial charge in [0.2, 0.25) is 0 Å². The van der Waals surface area contributed by atoms with E-state index < -0.39 is 35.2 Å². The number of amides is 1. The Kier molecular flexibility index (Phi) is 6.51. The van der Waals surface area contributed by atoms with E-state index in [9.17, 15) is 31.1 Å². The fourth-order valence-electron chi connectivity index (χ4n) is 3.99. The summed E-state index contributed by atoms with van der Waals surface area (Å²) in [5, 5.41) is 8.16. The average molecular weight is 524 g/mol. The van der Waals surface area contributed by atoms with Gasteiger partial charge in [0, 0.05) is 43.0 Å². The molecule has 1 aromatic carbocycles. The lowest BCUT2D eigenvalue weighted by Crippen LogP contribution is -2.36.